The number of esters is 1. The normalized spacial score (nSPS) is 10.4. The van der Waals surface area contributed by atoms with Gasteiger partial charge in [-0.1, -0.05) is 6.92 Å². The lowest BCUT2D eigenvalue weighted by Crippen LogP contribution is -2.08. The Labute approximate surface area is 122 Å². The minimum atomic E-state index is -0.542. The van der Waals surface area contributed by atoms with Gasteiger partial charge in [0.1, 0.15) is 5.75 Å². The molecule has 2 N–H and O–H groups in total. The maximum atomic E-state index is 11.7. The largest absolute Gasteiger partial charge is 0.492 e. The molecule has 112 valence electrons. The van der Waals surface area contributed by atoms with Crippen molar-refractivity contribution in [3.8, 4) is 11.4 Å². The molecular weight excluding hydrogens is 272 g/mol. The number of anilines is 1. The van der Waals surface area contributed by atoms with Gasteiger partial charge in [-0.25, -0.2) is 9.48 Å². The first-order valence-electron chi connectivity index (χ1n) is 6.76. The average molecular weight is 290 g/mol. The number of nitrogen functional groups attached to an aromatic ring is 1. The van der Waals surface area contributed by atoms with E-state index >= 15 is 0 Å². The highest BCUT2D eigenvalue weighted by atomic mass is 16.5. The van der Waals surface area contributed by atoms with Crippen LogP contribution in [-0.4, -0.2) is 33.9 Å². The molecule has 7 nitrogen and oxygen atoms in total. The van der Waals surface area contributed by atoms with Crippen LogP contribution >= 0.6 is 0 Å². The summed E-state index contributed by atoms with van der Waals surface area (Å²) in [4.78, 5) is 15.8. The number of ether oxygens (including phenoxy) is 2. The second-order valence-electron chi connectivity index (χ2n) is 4.33. The lowest BCUT2D eigenvalue weighted by molar-refractivity contribution is 0.0520. The molecule has 2 rings (SSSR count). The van der Waals surface area contributed by atoms with Crippen LogP contribution in [0.5, 0.6) is 5.75 Å². The number of hydrogen-bond donors (Lipinski definition) is 1. The smallest absolute Gasteiger partial charge is 0.361 e. The van der Waals surface area contributed by atoms with Gasteiger partial charge in [0.2, 0.25) is 0 Å². The summed E-state index contributed by atoms with van der Waals surface area (Å²) >= 11 is 0. The van der Waals surface area contributed by atoms with Crippen LogP contribution in [0.1, 0.15) is 30.8 Å². The Balaban J connectivity index is 2.26. The van der Waals surface area contributed by atoms with Gasteiger partial charge in [-0.3, -0.25) is 4.98 Å². The maximum Gasteiger partial charge on any atom is 0.361 e. The molecule has 0 bridgehead atoms. The molecule has 21 heavy (non-hydrogen) atoms. The standard InChI is InChI=1S/C14H18N4O3/c1-3-5-21-11-6-10(7-16-8-11)18-9-12(15)13(17-18)14(19)20-4-2/h6-9H,3-5,15H2,1-2H3. The Bertz CT molecular complexity index is 624. The summed E-state index contributed by atoms with van der Waals surface area (Å²) in [5.41, 5.74) is 6.80. The highest BCUT2D eigenvalue weighted by molar-refractivity contribution is 5.92. The van der Waals surface area contributed by atoms with Gasteiger partial charge in [0.05, 0.1) is 43.2 Å². The van der Waals surface area contributed by atoms with E-state index < -0.39 is 5.97 Å². The summed E-state index contributed by atoms with van der Waals surface area (Å²) in [5.74, 6) is 0.0983. The molecular formula is C14H18N4O3. The second kappa shape index (κ2) is 6.74. The van der Waals surface area contributed by atoms with Gasteiger partial charge in [-0.15, -0.1) is 0 Å². The van der Waals surface area contributed by atoms with Gasteiger partial charge in [-0.05, 0) is 13.3 Å². The molecule has 0 saturated carbocycles. The van der Waals surface area contributed by atoms with Crippen molar-refractivity contribution in [2.24, 2.45) is 0 Å². The zero-order chi connectivity index (χ0) is 15.2. The average Bonchev–Trinajstić information content (AvgIpc) is 2.88. The molecule has 0 aliphatic rings. The molecule has 0 spiro atoms. The number of pyridine rings is 1. The van der Waals surface area contributed by atoms with Crippen LogP contribution in [0, 0.1) is 0 Å². The van der Waals surface area contributed by atoms with Crippen molar-refractivity contribution in [3.63, 3.8) is 0 Å². The van der Waals surface area contributed by atoms with Crippen LogP contribution in [0.25, 0.3) is 5.69 Å². The molecule has 0 unspecified atom stereocenters. The third-order valence-corrected chi connectivity index (χ3v) is 2.65. The van der Waals surface area contributed by atoms with E-state index in [1.54, 1.807) is 31.6 Å². The zero-order valence-electron chi connectivity index (χ0n) is 12.1. The van der Waals surface area contributed by atoms with E-state index in [4.69, 9.17) is 15.2 Å². The lowest BCUT2D eigenvalue weighted by atomic mass is 10.4. The fourth-order valence-electron chi connectivity index (χ4n) is 1.71. The van der Waals surface area contributed by atoms with Crippen LogP contribution in [0.4, 0.5) is 5.69 Å². The summed E-state index contributed by atoms with van der Waals surface area (Å²) in [6, 6.07) is 1.78. The Hall–Kier alpha value is -2.57. The van der Waals surface area contributed by atoms with Crippen LogP contribution in [0.15, 0.2) is 24.7 Å². The van der Waals surface area contributed by atoms with Gasteiger partial charge in [0, 0.05) is 6.07 Å². The second-order valence-corrected chi connectivity index (χ2v) is 4.33. The number of nitrogens with zero attached hydrogens (tertiary/aromatic N) is 3. The van der Waals surface area contributed by atoms with E-state index in [1.165, 1.54) is 4.68 Å². The van der Waals surface area contributed by atoms with Crippen molar-refractivity contribution in [3.05, 3.63) is 30.4 Å². The summed E-state index contributed by atoms with van der Waals surface area (Å²) in [6.45, 7) is 4.63. The number of hydrogen-bond acceptors (Lipinski definition) is 6. The number of carbonyl (C=O) groups excluding carboxylic acids is 1. The molecule has 0 radical (unpaired) electrons. The van der Waals surface area contributed by atoms with Crippen molar-refractivity contribution in [1.82, 2.24) is 14.8 Å². The van der Waals surface area contributed by atoms with Crippen molar-refractivity contribution >= 4 is 11.7 Å². The van der Waals surface area contributed by atoms with Gasteiger partial charge >= 0.3 is 5.97 Å². The van der Waals surface area contributed by atoms with Gasteiger partial charge in [-0.2, -0.15) is 5.10 Å². The quantitative estimate of drug-likeness (QED) is 0.816. The monoisotopic (exact) mass is 290 g/mol. The minimum absolute atomic E-state index is 0.0942. The Morgan fingerprint density at radius 3 is 2.90 bits per heavy atom. The minimum Gasteiger partial charge on any atom is -0.492 e. The number of nitrogens with two attached hydrogens (primary N) is 1. The fraction of sp³-hybridized carbons (Fsp3) is 0.357. The molecule has 0 aromatic carbocycles. The molecule has 2 aromatic heterocycles. The van der Waals surface area contributed by atoms with Crippen molar-refractivity contribution < 1.29 is 14.3 Å². The molecule has 0 fully saturated rings. The van der Waals surface area contributed by atoms with Gasteiger partial charge in [0.15, 0.2) is 5.69 Å². The van der Waals surface area contributed by atoms with Crippen molar-refractivity contribution in [2.75, 3.05) is 18.9 Å². The van der Waals surface area contributed by atoms with Crippen LogP contribution in [-0.2, 0) is 4.74 Å². The highest BCUT2D eigenvalue weighted by Gasteiger charge is 2.16. The predicted molar refractivity (Wildman–Crippen MR) is 77.5 cm³/mol. The molecule has 0 amide bonds. The van der Waals surface area contributed by atoms with Crippen molar-refractivity contribution in [2.45, 2.75) is 20.3 Å². The van der Waals surface area contributed by atoms with Crippen molar-refractivity contribution in [1.29, 1.82) is 0 Å². The molecule has 0 aliphatic carbocycles. The van der Waals surface area contributed by atoms with E-state index in [2.05, 4.69) is 10.1 Å². The molecule has 0 atom stereocenters. The van der Waals surface area contributed by atoms with E-state index in [9.17, 15) is 4.79 Å². The number of rotatable bonds is 6. The summed E-state index contributed by atoms with van der Waals surface area (Å²) in [5, 5.41) is 4.14. The van der Waals surface area contributed by atoms with Crippen LogP contribution in [0.2, 0.25) is 0 Å². The number of aromatic nitrogens is 3. The predicted octanol–water partition coefficient (Wildman–Crippen LogP) is 1.81. The van der Waals surface area contributed by atoms with Gasteiger partial charge in [0.25, 0.3) is 0 Å². The van der Waals surface area contributed by atoms with E-state index in [1.807, 2.05) is 6.92 Å². The first kappa shape index (κ1) is 14.8. The van der Waals surface area contributed by atoms with Crippen LogP contribution in [0.3, 0.4) is 0 Å². The lowest BCUT2D eigenvalue weighted by Gasteiger charge is -2.06. The van der Waals surface area contributed by atoms with E-state index in [0.717, 1.165) is 6.42 Å². The molecule has 0 aliphatic heterocycles. The van der Waals surface area contributed by atoms with E-state index in [-0.39, 0.29) is 18.0 Å². The highest BCUT2D eigenvalue weighted by Crippen LogP contribution is 2.18. The Morgan fingerprint density at radius 1 is 1.38 bits per heavy atom. The van der Waals surface area contributed by atoms with Crippen LogP contribution < -0.4 is 10.5 Å². The maximum absolute atomic E-state index is 11.7. The molecule has 0 saturated heterocycles. The Morgan fingerprint density at radius 2 is 2.19 bits per heavy atom. The summed E-state index contributed by atoms with van der Waals surface area (Å²) < 4.78 is 11.9. The van der Waals surface area contributed by atoms with E-state index in [0.29, 0.717) is 18.0 Å². The zero-order valence-corrected chi connectivity index (χ0v) is 12.1. The fourth-order valence-corrected chi connectivity index (χ4v) is 1.71. The molecule has 2 aromatic rings. The third-order valence-electron chi connectivity index (χ3n) is 2.65. The summed E-state index contributed by atoms with van der Waals surface area (Å²) in [6.07, 6.45) is 5.69. The topological polar surface area (TPSA) is 92.3 Å². The summed E-state index contributed by atoms with van der Waals surface area (Å²) in [7, 11) is 0. The molecule has 7 heteroatoms. The Kier molecular flexibility index (Phi) is 4.76. The third kappa shape index (κ3) is 3.50. The molecule has 2 heterocycles. The SMILES string of the molecule is CCCOc1cncc(-n2cc(N)c(C(=O)OCC)n2)c1. The first-order valence-corrected chi connectivity index (χ1v) is 6.76. The number of carbonyl (C=O) groups is 1. The first-order chi connectivity index (χ1) is 10.2. The van der Waals surface area contributed by atoms with Gasteiger partial charge < -0.3 is 15.2 Å².